The van der Waals surface area contributed by atoms with Crippen molar-refractivity contribution < 1.29 is 13.9 Å². The van der Waals surface area contributed by atoms with E-state index in [1.807, 2.05) is 0 Å². The second-order valence-electron chi connectivity index (χ2n) is 1.84. The molecular weight excluding hydrogens is 138 g/mol. The molecule has 10 heavy (non-hydrogen) atoms. The highest BCUT2D eigenvalue weighted by atomic mass is 19.3. The highest BCUT2D eigenvalue weighted by Gasteiger charge is 1.91. The van der Waals surface area contributed by atoms with Gasteiger partial charge in [-0.3, -0.25) is 4.39 Å². The van der Waals surface area contributed by atoms with Gasteiger partial charge in [-0.15, -0.1) is 5.92 Å². The van der Waals surface area contributed by atoms with Crippen LogP contribution in [0.5, 0.6) is 0 Å². The van der Waals surface area contributed by atoms with Crippen LogP contribution in [0.4, 0.5) is 8.92 Å². The Hall–Kier alpha value is -0.620. The van der Waals surface area contributed by atoms with Gasteiger partial charge >= 0.3 is 0 Å². The average molecular weight is 148 g/mol. The lowest BCUT2D eigenvalue weighted by atomic mass is 10.3. The molecule has 0 aromatic rings. The molecule has 0 rings (SSSR count). The largest absolute Gasteiger partial charge is 0.251 e. The molecule has 0 saturated carbocycles. The van der Waals surface area contributed by atoms with Crippen LogP contribution in [0, 0.1) is 11.8 Å². The van der Waals surface area contributed by atoms with Gasteiger partial charge < -0.3 is 0 Å². The predicted molar refractivity (Wildman–Crippen MR) is 34.6 cm³/mol. The number of alkyl halides is 1. The standard InChI is InChI=1S/C7H10F2O/c1-7(10-9)5-3-2-4-6-8/h7H,2,4,6H2,1H3. The van der Waals surface area contributed by atoms with Gasteiger partial charge in [0.05, 0.1) is 6.67 Å². The maximum atomic E-state index is 11.4. The topological polar surface area (TPSA) is 9.23 Å². The van der Waals surface area contributed by atoms with Crippen LogP contribution in [0.15, 0.2) is 0 Å². The van der Waals surface area contributed by atoms with E-state index in [2.05, 4.69) is 16.8 Å². The Morgan fingerprint density at radius 2 is 2.30 bits per heavy atom. The van der Waals surface area contributed by atoms with Gasteiger partial charge in [-0.1, -0.05) is 5.92 Å². The average Bonchev–Trinajstić information content (AvgIpc) is 1.98. The predicted octanol–water partition coefficient (Wildman–Crippen LogP) is 2.03. The van der Waals surface area contributed by atoms with Gasteiger partial charge in [-0.25, -0.2) is 0 Å². The van der Waals surface area contributed by atoms with Gasteiger partial charge in [0.15, 0.2) is 6.10 Å². The Labute approximate surface area is 59.3 Å². The molecule has 0 fully saturated rings. The van der Waals surface area contributed by atoms with E-state index in [0.29, 0.717) is 12.8 Å². The third-order valence-electron chi connectivity index (χ3n) is 0.874. The molecule has 1 unspecified atom stereocenters. The summed E-state index contributed by atoms with van der Waals surface area (Å²) < 4.78 is 22.6. The van der Waals surface area contributed by atoms with Crippen LogP contribution in [-0.2, 0) is 4.94 Å². The minimum atomic E-state index is -0.695. The first kappa shape index (κ1) is 9.38. The van der Waals surface area contributed by atoms with E-state index in [9.17, 15) is 8.92 Å². The smallest absolute Gasteiger partial charge is 0.156 e. The zero-order valence-corrected chi connectivity index (χ0v) is 5.86. The van der Waals surface area contributed by atoms with Gasteiger partial charge in [0, 0.05) is 6.42 Å². The molecule has 0 amide bonds. The van der Waals surface area contributed by atoms with Crippen molar-refractivity contribution in [2.75, 3.05) is 6.67 Å². The van der Waals surface area contributed by atoms with Crippen molar-refractivity contribution in [1.29, 1.82) is 0 Å². The zero-order chi connectivity index (χ0) is 7.82. The summed E-state index contributed by atoms with van der Waals surface area (Å²) in [5, 5.41) is 0. The molecule has 0 heterocycles. The molecule has 0 spiro atoms. The first-order valence-electron chi connectivity index (χ1n) is 3.13. The van der Waals surface area contributed by atoms with Crippen molar-refractivity contribution in [2.45, 2.75) is 25.9 Å². The first-order valence-corrected chi connectivity index (χ1v) is 3.13. The summed E-state index contributed by atoms with van der Waals surface area (Å²) in [6.45, 7) is 1.11. The molecule has 1 atom stereocenters. The van der Waals surface area contributed by atoms with Crippen LogP contribution in [-0.4, -0.2) is 12.8 Å². The summed E-state index contributed by atoms with van der Waals surface area (Å²) in [6, 6.07) is 0. The molecule has 58 valence electrons. The van der Waals surface area contributed by atoms with Gasteiger partial charge in [-0.2, -0.15) is 4.94 Å². The quantitative estimate of drug-likeness (QED) is 0.439. The van der Waals surface area contributed by atoms with Crippen LogP contribution in [0.2, 0.25) is 0 Å². The van der Waals surface area contributed by atoms with Crippen molar-refractivity contribution in [3.63, 3.8) is 0 Å². The number of unbranched alkanes of at least 4 members (excludes halogenated alkanes) is 1. The Balaban J connectivity index is 3.29. The van der Waals surface area contributed by atoms with E-state index in [0.717, 1.165) is 0 Å². The van der Waals surface area contributed by atoms with Crippen LogP contribution >= 0.6 is 0 Å². The molecule has 0 aliphatic heterocycles. The number of rotatable bonds is 3. The van der Waals surface area contributed by atoms with Gasteiger partial charge in [0.25, 0.3) is 0 Å². The SMILES string of the molecule is CC(C#CCCCF)OF. The zero-order valence-electron chi connectivity index (χ0n) is 5.86. The van der Waals surface area contributed by atoms with Gasteiger partial charge in [0.1, 0.15) is 0 Å². The molecule has 0 aromatic carbocycles. The van der Waals surface area contributed by atoms with E-state index < -0.39 is 6.10 Å². The maximum absolute atomic E-state index is 11.4. The Morgan fingerprint density at radius 3 is 2.80 bits per heavy atom. The minimum absolute atomic E-state index is 0.375. The molecule has 0 bridgehead atoms. The fourth-order valence-electron chi connectivity index (χ4n) is 0.393. The molecule has 0 aliphatic rings. The molecule has 0 N–H and O–H groups in total. The lowest BCUT2D eigenvalue weighted by Gasteiger charge is -1.90. The summed E-state index contributed by atoms with van der Waals surface area (Å²) in [4.78, 5) is 3.36. The fraction of sp³-hybridized carbons (Fsp3) is 0.714. The van der Waals surface area contributed by atoms with Crippen LogP contribution in [0.25, 0.3) is 0 Å². The molecule has 0 saturated heterocycles. The summed E-state index contributed by atoms with van der Waals surface area (Å²) in [5.74, 6) is 5.04. The van der Waals surface area contributed by atoms with E-state index in [1.54, 1.807) is 0 Å². The summed E-state index contributed by atoms with van der Waals surface area (Å²) in [5.41, 5.74) is 0. The highest BCUT2D eigenvalue weighted by Crippen LogP contribution is 1.90. The minimum Gasteiger partial charge on any atom is -0.251 e. The number of halogens is 2. The molecular formula is C7H10F2O. The molecule has 0 radical (unpaired) electrons. The van der Waals surface area contributed by atoms with Gasteiger partial charge in [0.2, 0.25) is 0 Å². The van der Waals surface area contributed by atoms with Crippen LogP contribution < -0.4 is 0 Å². The normalized spacial score (nSPS) is 11.9. The monoisotopic (exact) mass is 148 g/mol. The van der Waals surface area contributed by atoms with E-state index >= 15 is 0 Å². The first-order chi connectivity index (χ1) is 4.81. The van der Waals surface area contributed by atoms with Crippen molar-refractivity contribution in [3.05, 3.63) is 0 Å². The van der Waals surface area contributed by atoms with Crippen molar-refractivity contribution in [1.82, 2.24) is 0 Å². The maximum Gasteiger partial charge on any atom is 0.156 e. The molecule has 0 aliphatic carbocycles. The lowest BCUT2D eigenvalue weighted by molar-refractivity contribution is -0.152. The molecule has 0 aromatic heterocycles. The Kier molecular flexibility index (Phi) is 6.10. The van der Waals surface area contributed by atoms with Crippen molar-refractivity contribution in [2.24, 2.45) is 0 Å². The number of hydrogen-bond donors (Lipinski definition) is 0. The third kappa shape index (κ3) is 5.52. The second-order valence-corrected chi connectivity index (χ2v) is 1.84. The third-order valence-corrected chi connectivity index (χ3v) is 0.874. The Morgan fingerprint density at radius 1 is 1.60 bits per heavy atom. The van der Waals surface area contributed by atoms with Gasteiger partial charge in [-0.05, 0) is 17.9 Å². The van der Waals surface area contributed by atoms with Crippen molar-refractivity contribution >= 4 is 0 Å². The van der Waals surface area contributed by atoms with Crippen LogP contribution in [0.1, 0.15) is 19.8 Å². The van der Waals surface area contributed by atoms with E-state index in [4.69, 9.17) is 0 Å². The van der Waals surface area contributed by atoms with E-state index in [-0.39, 0.29) is 6.67 Å². The second kappa shape index (κ2) is 6.50. The molecule has 1 nitrogen and oxygen atoms in total. The molecule has 3 heteroatoms. The lowest BCUT2D eigenvalue weighted by Crippen LogP contribution is -1.96. The summed E-state index contributed by atoms with van der Waals surface area (Å²) >= 11 is 0. The number of hydrogen-bond acceptors (Lipinski definition) is 1. The summed E-state index contributed by atoms with van der Waals surface area (Å²) in [6.07, 6.45) is 0.176. The van der Waals surface area contributed by atoms with Crippen molar-refractivity contribution in [3.8, 4) is 11.8 Å². The summed E-state index contributed by atoms with van der Waals surface area (Å²) in [7, 11) is 0. The van der Waals surface area contributed by atoms with E-state index in [1.165, 1.54) is 6.92 Å². The Bertz CT molecular complexity index is 125. The highest BCUT2D eigenvalue weighted by molar-refractivity contribution is 5.03. The fourth-order valence-corrected chi connectivity index (χ4v) is 0.393. The van der Waals surface area contributed by atoms with Crippen LogP contribution in [0.3, 0.4) is 0 Å².